The van der Waals surface area contributed by atoms with Crippen molar-refractivity contribution < 1.29 is 114 Å². The molecule has 4 aromatic rings. The zero-order chi connectivity index (χ0) is 106. The zero-order valence-electron chi connectivity index (χ0n) is 83.4. The summed E-state index contributed by atoms with van der Waals surface area (Å²) in [6.45, 7) is 8.95. The van der Waals surface area contributed by atoms with Crippen LogP contribution in [0.25, 0.3) is 33.4 Å². The minimum Gasteiger partial charge on any atom is -1.00 e. The number of anilines is 1. The quantitative estimate of drug-likeness (QED) is 0.00732. The van der Waals surface area contributed by atoms with Crippen LogP contribution in [0.5, 0.6) is 5.75 Å². The number of carboxylic acid groups (broad SMARTS) is 1. The van der Waals surface area contributed by atoms with Crippen molar-refractivity contribution >= 4 is 130 Å². The summed E-state index contributed by atoms with van der Waals surface area (Å²) in [4.78, 5) is 242. The molecule has 2 heterocycles. The molecule has 2 aliphatic rings. The van der Waals surface area contributed by atoms with Gasteiger partial charge in [-0.3, -0.25) is 81.5 Å². The van der Waals surface area contributed by atoms with Gasteiger partial charge in [0.05, 0.1) is 44.3 Å². The summed E-state index contributed by atoms with van der Waals surface area (Å²) in [5.74, 6) is -14.5. The molecule has 804 valence electrons. The van der Waals surface area contributed by atoms with E-state index < -0.39 is 212 Å². The number of phenolic OH excluding ortho intramolecular Hbond substituents is 1. The number of imidazole rings is 1. The Labute approximate surface area is 860 Å². The van der Waals surface area contributed by atoms with Gasteiger partial charge in [-0.05, 0) is 224 Å². The van der Waals surface area contributed by atoms with Crippen LogP contribution in [0.1, 0.15) is 184 Å². The van der Waals surface area contributed by atoms with Crippen LogP contribution in [0.2, 0.25) is 0 Å². The van der Waals surface area contributed by atoms with E-state index in [4.69, 9.17) is 43.9 Å². The van der Waals surface area contributed by atoms with Crippen LogP contribution < -0.4 is 141 Å². The molecule has 6 rings (SSSR count). The van der Waals surface area contributed by atoms with Crippen molar-refractivity contribution in [2.75, 3.05) is 109 Å². The number of halogens is 1. The Balaban J connectivity index is 0.0000375. The molecule has 0 fully saturated rings. The lowest BCUT2D eigenvalue weighted by molar-refractivity contribution is -0.138. The minimum absolute atomic E-state index is 0. The molecule has 1 aliphatic carbocycles. The Morgan fingerprint density at radius 1 is 0.445 bits per heavy atom. The Kier molecular flexibility index (Phi) is 56.7. The fraction of sp³-hybridized carbons (Fsp3) is 0.541. The number of aliphatic carboxylic acids is 1. The maximum Gasteiger partial charge on any atom is 0.322 e. The molecule has 1 aromatic heterocycles. The number of amides is 16. The lowest BCUT2D eigenvalue weighted by Crippen LogP contribution is -3.00. The predicted octanol–water partition coefficient (Wildman–Crippen LogP) is -5.70. The number of primary amides is 1. The van der Waals surface area contributed by atoms with Gasteiger partial charge in [-0.15, -0.1) is 0 Å². The SMILES string of the molecule is CCN(CC)c1ccc2c(-c3ccccc3C(=O)N[C@@H](Cc3ccc(O)cc3)C(=O)N[C@@H](CCCCN)C(=O)N[C@@H](CCC(N)=O)C(=O)N[C@@H](CS)C(=O)N[C@@H](Cc3c[nH]cn3)C(=O)N[C@@H](CCCCN)C(=O)N[C@@H](CCCCN)C(=O)NCC(=O)NCC(=O)NCCCCCC(=O)N[C@@H](CCCCN)C(=O)N[C@@H](CCCCN)C(=O)NCC(=O)N[C@@H](CO)C(=O)NCC(=O)O)c3ccc(=[N+](CC)CC)cc-3oc2c1.[Cl-]. The van der Waals surface area contributed by atoms with E-state index in [0.29, 0.717) is 116 Å². The van der Waals surface area contributed by atoms with E-state index in [1.54, 1.807) is 30.3 Å². The second-order valence-corrected chi connectivity index (χ2v) is 35.2. The molecular weight excluding hydrogens is 1930 g/mol. The number of thiol groups is 1. The number of hydrogen-bond donors (Lipinski definition) is 26. The first kappa shape index (κ1) is 123. The summed E-state index contributed by atoms with van der Waals surface area (Å²) in [7, 11) is 0. The van der Waals surface area contributed by atoms with Gasteiger partial charge < -0.3 is 156 Å². The van der Waals surface area contributed by atoms with Crippen molar-refractivity contribution in [2.45, 2.75) is 236 Å². The van der Waals surface area contributed by atoms with Gasteiger partial charge in [0.2, 0.25) is 94.0 Å². The molecule has 16 amide bonds. The second kappa shape index (κ2) is 67.3. The number of carboxylic acids is 1. The summed E-state index contributed by atoms with van der Waals surface area (Å²) in [6.07, 6.45) is 6.40. The van der Waals surface area contributed by atoms with Gasteiger partial charge >= 0.3 is 5.97 Å². The van der Waals surface area contributed by atoms with Crippen LogP contribution in [0, 0.1) is 0 Å². The van der Waals surface area contributed by atoms with Crippen LogP contribution in [0.3, 0.4) is 0 Å². The molecule has 1 aliphatic heterocycles. The smallest absolute Gasteiger partial charge is 0.322 e. The molecule has 46 nitrogen and oxygen atoms in total. The average Bonchev–Trinajstić information content (AvgIpc) is 0.747. The van der Waals surface area contributed by atoms with Crippen molar-refractivity contribution in [3.8, 4) is 28.2 Å². The maximum atomic E-state index is 15.3. The highest BCUT2D eigenvalue weighted by Gasteiger charge is 2.37. The number of hydrogen-bond acceptors (Lipinski definition) is 28. The van der Waals surface area contributed by atoms with Crippen molar-refractivity contribution in [1.29, 1.82) is 0 Å². The minimum atomic E-state index is -1.64. The van der Waals surface area contributed by atoms with E-state index >= 15 is 9.59 Å². The number of phenols is 1. The van der Waals surface area contributed by atoms with Crippen molar-refractivity contribution in [2.24, 2.45) is 34.4 Å². The number of rotatable bonds is 70. The normalized spacial score (nSPS) is 13.1. The largest absolute Gasteiger partial charge is 1.00 e. The van der Waals surface area contributed by atoms with Gasteiger partial charge in [0, 0.05) is 97.2 Å². The van der Waals surface area contributed by atoms with Crippen molar-refractivity contribution in [1.82, 2.24) is 94.3 Å². The molecule has 48 heteroatoms. The molecule has 3 aromatic carbocycles. The molecule has 0 bridgehead atoms. The lowest BCUT2D eigenvalue weighted by atomic mass is 9.90. The number of unbranched alkanes of at least 4 members (excludes halogenated alkanes) is 7. The number of carbonyl (C=O) groups excluding carboxylic acids is 16. The first-order valence-electron chi connectivity index (χ1n) is 49.5. The van der Waals surface area contributed by atoms with Gasteiger partial charge in [0.25, 0.3) is 5.91 Å². The highest BCUT2D eigenvalue weighted by atomic mass is 35.5. The van der Waals surface area contributed by atoms with E-state index in [1.165, 1.54) is 24.7 Å². The standard InChI is InChI=1S/C98H147N25O21S.ClH/c1-5-122(6-2)62-34-38-67-79(50-62)144-80-51-63(123(7-3)8-4)35-39-68(80)87(67)65-24-11-12-25-66(65)88(133)119-75(48-60-32-36-64(125)37-33-60)96(141)116-73(30-17-22-46-103)94(139)118-74(40-41-81(104)126)95(140)121-78(58-145)98(143)120-76(49-61-52-105-59-111-61)97(142)117-72(29-16-21-45-102)93(138)115-69(26-13-18-42-99)89(134)108-54-84(129)107-53-83(128)106-47-23-9-10-31-82(127)112-71(28-15-20-44-101)92(137)114-70(27-14-19-43-100)90(135)109-55-85(130)113-77(57-124)91(136)110-56-86(131)132;/h11-12,24-25,32-39,50-52,59,69-78,124H,5-10,13-23,26-31,40-49,53-58,99-103H2,1-4H3,(H20-,104,105,106,107,108,109,110,111,112,113,114,115,116,117,118,119,120,121,125,126,127,128,129,130,131,132,133,134,135,136,137,138,139,140,141,142,143,145);1H/t69-,70-,71-,72-,73-,74-,75-,76-,77-,78-;/m0./s1. The number of H-pyrrole nitrogens is 1. The maximum absolute atomic E-state index is 15.3. The van der Waals surface area contributed by atoms with Crippen LogP contribution in [-0.2, 0) is 89.6 Å². The number of aliphatic hydroxyl groups excluding tert-OH is 1. The molecule has 0 saturated carbocycles. The molecule has 31 N–H and O–H groups in total. The van der Waals surface area contributed by atoms with Gasteiger partial charge in [-0.1, -0.05) is 36.8 Å². The number of aromatic hydroxyl groups is 1. The van der Waals surface area contributed by atoms with E-state index in [1.807, 2.05) is 47.8 Å². The van der Waals surface area contributed by atoms with E-state index in [-0.39, 0.29) is 126 Å². The van der Waals surface area contributed by atoms with E-state index in [0.717, 1.165) is 37.2 Å². The van der Waals surface area contributed by atoms with Gasteiger partial charge in [-0.25, -0.2) is 9.56 Å². The highest BCUT2D eigenvalue weighted by Crippen LogP contribution is 2.42. The molecule has 0 unspecified atom stereocenters. The molecule has 0 radical (unpaired) electrons. The Morgan fingerprint density at radius 2 is 0.904 bits per heavy atom. The van der Waals surface area contributed by atoms with Crippen molar-refractivity contribution in [3.05, 3.63) is 120 Å². The number of nitrogens with zero attached hydrogens (tertiary/aromatic N) is 3. The lowest BCUT2D eigenvalue weighted by Gasteiger charge is -2.27. The first-order chi connectivity index (χ1) is 69.7. The fourth-order valence-corrected chi connectivity index (χ4v) is 16.2. The average molecular weight is 2080 g/mol. The van der Waals surface area contributed by atoms with Gasteiger partial charge in [0.15, 0.2) is 0 Å². The van der Waals surface area contributed by atoms with Crippen LogP contribution in [0.4, 0.5) is 5.69 Å². The zero-order valence-corrected chi connectivity index (χ0v) is 85.1. The third-order valence-electron chi connectivity index (χ3n) is 24.0. The third kappa shape index (κ3) is 42.3. The molecular formula is C98H148ClN25O21S. The number of carbonyl (C=O) groups is 17. The van der Waals surface area contributed by atoms with E-state index in [2.05, 4.69) is 134 Å². The summed E-state index contributed by atoms with van der Waals surface area (Å²) in [6, 6.07) is 10.6. The molecule has 0 spiro atoms. The fourth-order valence-electron chi connectivity index (χ4n) is 15.9. The Bertz CT molecular complexity index is 5280. The topological polar surface area (TPSA) is 736 Å². The van der Waals surface area contributed by atoms with Crippen molar-refractivity contribution in [3.63, 3.8) is 0 Å². The highest BCUT2D eigenvalue weighted by molar-refractivity contribution is 7.80. The van der Waals surface area contributed by atoms with Crippen LogP contribution in [0.15, 0.2) is 102 Å². The number of nitrogens with two attached hydrogens (primary N) is 6. The Morgan fingerprint density at radius 3 is 1.40 bits per heavy atom. The second-order valence-electron chi connectivity index (χ2n) is 34.8. The van der Waals surface area contributed by atoms with Crippen LogP contribution >= 0.6 is 12.6 Å². The number of fused-ring (bicyclic) bond motifs is 2. The number of nitrogens with one attached hydrogen (secondary N) is 16. The summed E-state index contributed by atoms with van der Waals surface area (Å²) >= 11 is 4.40. The first-order valence-corrected chi connectivity index (χ1v) is 50.1. The predicted molar refractivity (Wildman–Crippen MR) is 546 cm³/mol. The number of benzene rings is 4. The summed E-state index contributed by atoms with van der Waals surface area (Å²) in [5, 5.41) is 68.9. The molecule has 146 heavy (non-hydrogen) atoms. The third-order valence-corrected chi connectivity index (χ3v) is 24.3. The van der Waals surface area contributed by atoms with Gasteiger partial charge in [-0.2, -0.15) is 12.6 Å². The van der Waals surface area contributed by atoms with Gasteiger partial charge in [0.1, 0.15) is 97.1 Å². The monoisotopic (exact) mass is 2080 g/mol. The Hall–Kier alpha value is -13.4. The molecule has 0 saturated heterocycles. The van der Waals surface area contributed by atoms with E-state index in [9.17, 15) is 82.1 Å². The summed E-state index contributed by atoms with van der Waals surface area (Å²) in [5.41, 5.74) is 39.0. The molecule has 10 atom stereocenters. The van der Waals surface area contributed by atoms with Crippen LogP contribution in [-0.4, -0.2) is 290 Å². The number of aromatic amines is 1. The summed E-state index contributed by atoms with van der Waals surface area (Å²) < 4.78 is 8.95. The number of aromatic nitrogens is 2. The number of aliphatic hydroxyl groups is 1.